The molecular weight excluding hydrogens is 248 g/mol. The van der Waals surface area contributed by atoms with E-state index in [9.17, 15) is 0 Å². The van der Waals surface area contributed by atoms with Crippen LogP contribution in [0.1, 0.15) is 25.1 Å². The second-order valence-electron chi connectivity index (χ2n) is 4.57. The number of halogens is 1. The minimum Gasteiger partial charge on any atom is -0.309 e. The van der Waals surface area contributed by atoms with Gasteiger partial charge in [-0.3, -0.25) is 0 Å². The van der Waals surface area contributed by atoms with Crippen LogP contribution in [-0.2, 0) is 13.1 Å². The first-order valence-corrected chi connectivity index (χ1v) is 6.38. The summed E-state index contributed by atoms with van der Waals surface area (Å²) in [6.45, 7) is 5.68. The minimum absolute atomic E-state index is 0.450. The van der Waals surface area contributed by atoms with E-state index in [1.165, 1.54) is 0 Å². The Morgan fingerprint density at radius 3 is 2.67 bits per heavy atom. The maximum atomic E-state index is 5.85. The van der Waals surface area contributed by atoms with Crippen LogP contribution in [0.2, 0.25) is 5.02 Å². The minimum atomic E-state index is 0.450. The van der Waals surface area contributed by atoms with Gasteiger partial charge in [-0.15, -0.1) is 5.10 Å². The number of aromatic nitrogens is 3. The lowest BCUT2D eigenvalue weighted by Crippen LogP contribution is -2.21. The molecule has 1 heterocycles. The maximum Gasteiger partial charge on any atom is 0.0965 e. The zero-order chi connectivity index (χ0) is 13.0. The molecule has 96 valence electrons. The molecule has 0 spiro atoms. The molecule has 5 heteroatoms. The van der Waals surface area contributed by atoms with E-state index in [2.05, 4.69) is 29.5 Å². The fourth-order valence-corrected chi connectivity index (χ4v) is 1.71. The van der Waals surface area contributed by atoms with Gasteiger partial charge in [0.05, 0.1) is 18.4 Å². The second-order valence-corrected chi connectivity index (χ2v) is 5.01. The SMILES string of the molecule is CC(C)NCc1cn(Cc2ccc(Cl)cc2)nn1. The number of hydrogen-bond donors (Lipinski definition) is 1. The third-order valence-electron chi connectivity index (χ3n) is 2.54. The number of rotatable bonds is 5. The van der Waals surface area contributed by atoms with Gasteiger partial charge in [0.2, 0.25) is 0 Å². The summed E-state index contributed by atoms with van der Waals surface area (Å²) in [5, 5.41) is 12.3. The van der Waals surface area contributed by atoms with Crippen molar-refractivity contribution in [3.05, 3.63) is 46.7 Å². The van der Waals surface area contributed by atoms with E-state index in [0.29, 0.717) is 12.6 Å². The summed E-state index contributed by atoms with van der Waals surface area (Å²) in [5.41, 5.74) is 2.12. The Kier molecular flexibility index (Phi) is 4.33. The molecule has 4 nitrogen and oxygen atoms in total. The third kappa shape index (κ3) is 3.82. The van der Waals surface area contributed by atoms with Crippen molar-refractivity contribution >= 4 is 11.6 Å². The average molecular weight is 265 g/mol. The second kappa shape index (κ2) is 5.98. The summed E-state index contributed by atoms with van der Waals surface area (Å²) >= 11 is 5.85. The Bertz CT molecular complexity index is 490. The highest BCUT2D eigenvalue weighted by atomic mass is 35.5. The molecule has 0 aliphatic carbocycles. The van der Waals surface area contributed by atoms with E-state index < -0.39 is 0 Å². The zero-order valence-electron chi connectivity index (χ0n) is 10.6. The van der Waals surface area contributed by atoms with Gasteiger partial charge in [-0.2, -0.15) is 0 Å². The predicted molar refractivity (Wildman–Crippen MR) is 72.6 cm³/mol. The Morgan fingerprint density at radius 2 is 2.00 bits per heavy atom. The lowest BCUT2D eigenvalue weighted by Gasteiger charge is -2.04. The van der Waals surface area contributed by atoms with Crippen molar-refractivity contribution in [2.75, 3.05) is 0 Å². The smallest absolute Gasteiger partial charge is 0.0965 e. The highest BCUT2D eigenvalue weighted by molar-refractivity contribution is 6.30. The Balaban J connectivity index is 1.95. The molecule has 0 radical (unpaired) electrons. The van der Waals surface area contributed by atoms with Gasteiger partial charge in [0.15, 0.2) is 0 Å². The fourth-order valence-electron chi connectivity index (χ4n) is 1.58. The van der Waals surface area contributed by atoms with Crippen LogP contribution in [-0.4, -0.2) is 21.0 Å². The van der Waals surface area contributed by atoms with Crippen LogP contribution in [0.5, 0.6) is 0 Å². The quantitative estimate of drug-likeness (QED) is 0.902. The molecule has 2 rings (SSSR count). The van der Waals surface area contributed by atoms with Gasteiger partial charge in [0.25, 0.3) is 0 Å². The van der Waals surface area contributed by atoms with Gasteiger partial charge >= 0.3 is 0 Å². The van der Waals surface area contributed by atoms with Gasteiger partial charge < -0.3 is 5.32 Å². The Hall–Kier alpha value is -1.39. The molecule has 0 aliphatic rings. The van der Waals surface area contributed by atoms with Crippen LogP contribution in [0.4, 0.5) is 0 Å². The molecule has 0 amide bonds. The van der Waals surface area contributed by atoms with Crippen molar-refractivity contribution in [2.45, 2.75) is 33.0 Å². The molecule has 0 saturated carbocycles. The number of hydrogen-bond acceptors (Lipinski definition) is 3. The molecule has 1 N–H and O–H groups in total. The first-order valence-electron chi connectivity index (χ1n) is 6.00. The molecule has 18 heavy (non-hydrogen) atoms. The molecule has 0 aliphatic heterocycles. The highest BCUT2D eigenvalue weighted by Gasteiger charge is 2.02. The Labute approximate surface area is 112 Å². The maximum absolute atomic E-state index is 5.85. The van der Waals surface area contributed by atoms with Crippen molar-refractivity contribution in [2.24, 2.45) is 0 Å². The van der Waals surface area contributed by atoms with Gasteiger partial charge in [-0.05, 0) is 17.7 Å². The first-order chi connectivity index (χ1) is 8.63. The van der Waals surface area contributed by atoms with E-state index in [-0.39, 0.29) is 0 Å². The molecular formula is C13H17ClN4. The average Bonchev–Trinajstić information content (AvgIpc) is 2.77. The normalized spacial score (nSPS) is 11.1. The molecule has 1 aromatic heterocycles. The number of nitrogens with one attached hydrogen (secondary N) is 1. The monoisotopic (exact) mass is 264 g/mol. The van der Waals surface area contributed by atoms with Crippen LogP contribution in [0.15, 0.2) is 30.5 Å². The van der Waals surface area contributed by atoms with Crippen molar-refractivity contribution in [1.82, 2.24) is 20.3 Å². The topological polar surface area (TPSA) is 42.7 Å². The van der Waals surface area contributed by atoms with E-state index in [0.717, 1.165) is 22.8 Å². The van der Waals surface area contributed by atoms with Crippen LogP contribution >= 0.6 is 11.6 Å². The van der Waals surface area contributed by atoms with E-state index in [4.69, 9.17) is 11.6 Å². The molecule has 0 atom stereocenters. The lowest BCUT2D eigenvalue weighted by molar-refractivity contribution is 0.580. The van der Waals surface area contributed by atoms with Crippen LogP contribution in [0, 0.1) is 0 Å². The largest absolute Gasteiger partial charge is 0.309 e. The number of nitrogens with zero attached hydrogens (tertiary/aromatic N) is 3. The van der Waals surface area contributed by atoms with Crippen molar-refractivity contribution in [1.29, 1.82) is 0 Å². The summed E-state index contributed by atoms with van der Waals surface area (Å²) in [7, 11) is 0. The van der Waals surface area contributed by atoms with Crippen molar-refractivity contribution in [3.63, 3.8) is 0 Å². The molecule has 0 saturated heterocycles. The van der Waals surface area contributed by atoms with Crippen LogP contribution < -0.4 is 5.32 Å². The van der Waals surface area contributed by atoms with Gasteiger partial charge in [-0.25, -0.2) is 4.68 Å². The predicted octanol–water partition coefficient (Wildman–Crippen LogP) is 2.48. The summed E-state index contributed by atoms with van der Waals surface area (Å²) in [4.78, 5) is 0. The zero-order valence-corrected chi connectivity index (χ0v) is 11.4. The first kappa shape index (κ1) is 13.1. The molecule has 0 unspecified atom stereocenters. The lowest BCUT2D eigenvalue weighted by atomic mass is 10.2. The third-order valence-corrected chi connectivity index (χ3v) is 2.79. The van der Waals surface area contributed by atoms with E-state index in [1.54, 1.807) is 0 Å². The summed E-state index contributed by atoms with van der Waals surface area (Å²) < 4.78 is 1.83. The molecule has 0 bridgehead atoms. The van der Waals surface area contributed by atoms with Gasteiger partial charge in [0.1, 0.15) is 0 Å². The van der Waals surface area contributed by atoms with Crippen molar-refractivity contribution in [3.8, 4) is 0 Å². The van der Waals surface area contributed by atoms with E-state index >= 15 is 0 Å². The number of benzene rings is 1. The molecule has 2 aromatic rings. The van der Waals surface area contributed by atoms with E-state index in [1.807, 2.05) is 35.1 Å². The highest BCUT2D eigenvalue weighted by Crippen LogP contribution is 2.10. The Morgan fingerprint density at radius 1 is 1.28 bits per heavy atom. The van der Waals surface area contributed by atoms with Gasteiger partial charge in [0, 0.05) is 17.6 Å². The standard InChI is InChI=1S/C13H17ClN4/c1-10(2)15-7-13-9-18(17-16-13)8-11-3-5-12(14)6-4-11/h3-6,9-10,15H,7-8H2,1-2H3. The van der Waals surface area contributed by atoms with Crippen molar-refractivity contribution < 1.29 is 0 Å². The van der Waals surface area contributed by atoms with Crippen LogP contribution in [0.25, 0.3) is 0 Å². The molecule has 0 fully saturated rings. The summed E-state index contributed by atoms with van der Waals surface area (Å²) in [5.74, 6) is 0. The fraction of sp³-hybridized carbons (Fsp3) is 0.385. The molecule has 1 aromatic carbocycles. The van der Waals surface area contributed by atoms with Crippen LogP contribution in [0.3, 0.4) is 0 Å². The van der Waals surface area contributed by atoms with Gasteiger partial charge in [-0.1, -0.05) is 42.8 Å². The summed E-state index contributed by atoms with van der Waals surface area (Å²) in [6, 6.07) is 8.21. The summed E-state index contributed by atoms with van der Waals surface area (Å²) in [6.07, 6.45) is 1.96.